The summed E-state index contributed by atoms with van der Waals surface area (Å²) in [4.78, 5) is 14.3. The van der Waals surface area contributed by atoms with Gasteiger partial charge in [-0.25, -0.2) is 13.1 Å². The third kappa shape index (κ3) is 3.63. The summed E-state index contributed by atoms with van der Waals surface area (Å²) in [5.41, 5.74) is -0.257. The van der Waals surface area contributed by atoms with Gasteiger partial charge in [0.1, 0.15) is 0 Å². The zero-order chi connectivity index (χ0) is 16.0. The summed E-state index contributed by atoms with van der Waals surface area (Å²) >= 11 is 0. The lowest BCUT2D eigenvalue weighted by Crippen LogP contribution is -2.54. The molecule has 1 amide bonds. The van der Waals surface area contributed by atoms with E-state index in [9.17, 15) is 13.2 Å². The first-order chi connectivity index (χ1) is 10.3. The van der Waals surface area contributed by atoms with E-state index in [1.165, 1.54) is 6.26 Å². The van der Waals surface area contributed by atoms with Gasteiger partial charge >= 0.3 is 0 Å². The van der Waals surface area contributed by atoms with E-state index in [1.54, 1.807) is 0 Å². The monoisotopic (exact) mass is 330 g/mol. The average Bonchev–Trinajstić information content (AvgIpc) is 3.14. The lowest BCUT2D eigenvalue weighted by Gasteiger charge is -2.46. The quantitative estimate of drug-likeness (QED) is 0.828. The van der Waals surface area contributed by atoms with Crippen LogP contribution < -0.4 is 4.72 Å². The minimum atomic E-state index is -3.18. The van der Waals surface area contributed by atoms with Gasteiger partial charge in [-0.2, -0.15) is 0 Å². The molecule has 1 aliphatic carbocycles. The SMILES string of the molecule is CC1CC1C(=O)N1CCC2(CC1)CC(NS(C)(=O)=O)CCO2. The second kappa shape index (κ2) is 5.76. The van der Waals surface area contributed by atoms with Gasteiger partial charge < -0.3 is 9.64 Å². The van der Waals surface area contributed by atoms with E-state index in [4.69, 9.17) is 4.74 Å². The van der Waals surface area contributed by atoms with Gasteiger partial charge in [-0.1, -0.05) is 6.92 Å². The molecule has 1 saturated carbocycles. The molecular formula is C15H26N2O4S. The van der Waals surface area contributed by atoms with Crippen molar-refractivity contribution in [2.24, 2.45) is 11.8 Å². The van der Waals surface area contributed by atoms with Gasteiger partial charge in [0.15, 0.2) is 0 Å². The Morgan fingerprint density at radius 1 is 1.32 bits per heavy atom. The lowest BCUT2D eigenvalue weighted by atomic mass is 9.82. The van der Waals surface area contributed by atoms with Crippen molar-refractivity contribution in [3.63, 3.8) is 0 Å². The average molecular weight is 330 g/mol. The van der Waals surface area contributed by atoms with Crippen LogP contribution in [0.1, 0.15) is 39.0 Å². The van der Waals surface area contributed by atoms with Crippen molar-refractivity contribution in [1.29, 1.82) is 0 Å². The molecule has 2 heterocycles. The predicted molar refractivity (Wildman–Crippen MR) is 82.8 cm³/mol. The maximum Gasteiger partial charge on any atom is 0.225 e. The highest BCUT2D eigenvalue weighted by molar-refractivity contribution is 7.88. The van der Waals surface area contributed by atoms with Crippen LogP contribution in [0.25, 0.3) is 0 Å². The number of ether oxygens (including phenoxy) is 1. The van der Waals surface area contributed by atoms with Crippen LogP contribution in [0, 0.1) is 11.8 Å². The lowest BCUT2D eigenvalue weighted by molar-refractivity contribution is -0.145. The Bertz CT molecular complexity index is 540. The Morgan fingerprint density at radius 2 is 1.95 bits per heavy atom. The van der Waals surface area contributed by atoms with Gasteiger partial charge in [0.2, 0.25) is 15.9 Å². The number of sulfonamides is 1. The Balaban J connectivity index is 1.56. The summed E-state index contributed by atoms with van der Waals surface area (Å²) in [5.74, 6) is 1.07. The van der Waals surface area contributed by atoms with Crippen molar-refractivity contribution >= 4 is 15.9 Å². The van der Waals surface area contributed by atoms with Gasteiger partial charge in [-0.3, -0.25) is 4.79 Å². The minimum Gasteiger partial charge on any atom is -0.375 e. The summed E-state index contributed by atoms with van der Waals surface area (Å²) in [7, 11) is -3.18. The first-order valence-electron chi connectivity index (χ1n) is 8.18. The van der Waals surface area contributed by atoms with Crippen LogP contribution in [0.15, 0.2) is 0 Å². The molecule has 0 aromatic carbocycles. The first-order valence-corrected chi connectivity index (χ1v) is 10.1. The molecule has 0 radical (unpaired) electrons. The fourth-order valence-corrected chi connectivity index (χ4v) is 4.62. The van der Waals surface area contributed by atoms with E-state index in [0.717, 1.165) is 38.8 Å². The van der Waals surface area contributed by atoms with Gasteiger partial charge in [0, 0.05) is 31.7 Å². The van der Waals surface area contributed by atoms with Gasteiger partial charge in [0.25, 0.3) is 0 Å². The zero-order valence-electron chi connectivity index (χ0n) is 13.4. The van der Waals surface area contributed by atoms with Crippen LogP contribution in [0.2, 0.25) is 0 Å². The molecule has 3 fully saturated rings. The second-order valence-corrected chi connectivity index (χ2v) is 9.04. The molecule has 7 heteroatoms. The highest BCUT2D eigenvalue weighted by Crippen LogP contribution is 2.41. The number of rotatable bonds is 3. The number of hydrogen-bond donors (Lipinski definition) is 1. The summed E-state index contributed by atoms with van der Waals surface area (Å²) in [6.45, 7) is 4.17. The molecular weight excluding hydrogens is 304 g/mol. The molecule has 3 atom stereocenters. The molecule has 0 aromatic rings. The van der Waals surface area contributed by atoms with Crippen molar-refractivity contribution < 1.29 is 17.9 Å². The normalized spacial score (nSPS) is 34.6. The highest BCUT2D eigenvalue weighted by Gasteiger charge is 2.46. The number of carbonyl (C=O) groups is 1. The van der Waals surface area contributed by atoms with E-state index in [1.807, 2.05) is 4.90 Å². The molecule has 126 valence electrons. The van der Waals surface area contributed by atoms with E-state index in [-0.39, 0.29) is 17.6 Å². The molecule has 0 aromatic heterocycles. The Hall–Kier alpha value is -0.660. The summed E-state index contributed by atoms with van der Waals surface area (Å²) in [5, 5.41) is 0. The summed E-state index contributed by atoms with van der Waals surface area (Å²) in [6, 6.07) is -0.0468. The molecule has 2 aliphatic heterocycles. The molecule has 6 nitrogen and oxygen atoms in total. The summed E-state index contributed by atoms with van der Waals surface area (Å²) in [6.07, 6.45) is 5.27. The van der Waals surface area contributed by atoms with Crippen molar-refractivity contribution in [3.8, 4) is 0 Å². The number of piperidine rings is 1. The molecule has 0 bridgehead atoms. The van der Waals surface area contributed by atoms with Gasteiger partial charge in [0.05, 0.1) is 11.9 Å². The fraction of sp³-hybridized carbons (Fsp3) is 0.933. The number of carbonyl (C=O) groups excluding carboxylic acids is 1. The highest BCUT2D eigenvalue weighted by atomic mass is 32.2. The third-order valence-corrected chi connectivity index (χ3v) is 6.05. The smallest absolute Gasteiger partial charge is 0.225 e. The van der Waals surface area contributed by atoms with E-state index in [0.29, 0.717) is 24.9 Å². The number of amides is 1. The molecule has 1 N–H and O–H groups in total. The van der Waals surface area contributed by atoms with Gasteiger partial charge in [-0.05, 0) is 38.0 Å². The van der Waals surface area contributed by atoms with E-state index < -0.39 is 10.0 Å². The van der Waals surface area contributed by atoms with Crippen molar-refractivity contribution in [1.82, 2.24) is 9.62 Å². The van der Waals surface area contributed by atoms with Gasteiger partial charge in [-0.15, -0.1) is 0 Å². The molecule has 1 spiro atoms. The van der Waals surface area contributed by atoms with Crippen molar-refractivity contribution in [2.75, 3.05) is 26.0 Å². The van der Waals surface area contributed by atoms with Crippen molar-refractivity contribution in [3.05, 3.63) is 0 Å². The largest absolute Gasteiger partial charge is 0.375 e. The van der Waals surface area contributed by atoms with E-state index in [2.05, 4.69) is 11.6 Å². The molecule has 2 saturated heterocycles. The predicted octanol–water partition coefficient (Wildman–Crippen LogP) is 0.732. The second-order valence-electron chi connectivity index (χ2n) is 7.26. The Morgan fingerprint density at radius 3 is 2.50 bits per heavy atom. The van der Waals surface area contributed by atoms with E-state index >= 15 is 0 Å². The van der Waals surface area contributed by atoms with Crippen LogP contribution in [0.3, 0.4) is 0 Å². The Kier molecular flexibility index (Phi) is 4.24. The molecule has 3 rings (SSSR count). The molecule has 3 unspecified atom stereocenters. The molecule has 3 aliphatic rings. The summed E-state index contributed by atoms with van der Waals surface area (Å²) < 4.78 is 31.6. The zero-order valence-corrected chi connectivity index (χ0v) is 14.2. The number of nitrogens with one attached hydrogen (secondary N) is 1. The maximum absolute atomic E-state index is 12.3. The Labute approximate surface area is 132 Å². The van der Waals surface area contributed by atoms with Crippen LogP contribution >= 0.6 is 0 Å². The maximum atomic E-state index is 12.3. The standard InChI is InChI=1S/C15H26N2O4S/c1-11-9-13(11)14(18)17-6-4-15(5-7-17)10-12(3-8-21-15)16-22(2,19)20/h11-13,16H,3-10H2,1-2H3. The number of likely N-dealkylation sites (tertiary alicyclic amines) is 1. The van der Waals surface area contributed by atoms with Crippen molar-refractivity contribution in [2.45, 2.75) is 50.7 Å². The van der Waals surface area contributed by atoms with Crippen LogP contribution in [0.5, 0.6) is 0 Å². The molecule has 22 heavy (non-hydrogen) atoms. The van der Waals surface area contributed by atoms with Crippen LogP contribution in [0.4, 0.5) is 0 Å². The first kappa shape index (κ1) is 16.2. The van der Waals surface area contributed by atoms with Crippen LogP contribution in [-0.2, 0) is 19.6 Å². The number of hydrogen-bond acceptors (Lipinski definition) is 4. The fourth-order valence-electron chi connectivity index (χ4n) is 3.81. The minimum absolute atomic E-state index is 0.0468. The van der Waals surface area contributed by atoms with Crippen LogP contribution in [-0.4, -0.2) is 56.8 Å². The third-order valence-electron chi connectivity index (χ3n) is 5.29. The number of nitrogens with zero attached hydrogens (tertiary/aromatic N) is 1. The topological polar surface area (TPSA) is 75.7 Å².